The van der Waals surface area contributed by atoms with Gasteiger partial charge in [-0.05, 0) is 32.6 Å². The van der Waals surface area contributed by atoms with Gasteiger partial charge < -0.3 is 10.2 Å². The Labute approximate surface area is 130 Å². The summed E-state index contributed by atoms with van der Waals surface area (Å²) in [5.74, 6) is 3.04. The first kappa shape index (κ1) is 17.7. The first-order valence-corrected chi connectivity index (χ1v) is 8.43. The highest BCUT2D eigenvalue weighted by Gasteiger charge is 2.18. The molecule has 120 valence electrons. The summed E-state index contributed by atoms with van der Waals surface area (Å²) in [6.07, 6.45) is 5.38. The number of nitrogens with zero attached hydrogens (tertiary/aromatic N) is 3. The lowest BCUT2D eigenvalue weighted by atomic mass is 10.1. The summed E-state index contributed by atoms with van der Waals surface area (Å²) < 4.78 is 0. The Morgan fingerprint density at radius 2 is 1.71 bits per heavy atom. The van der Waals surface area contributed by atoms with E-state index in [2.05, 4.69) is 51.9 Å². The highest BCUT2D eigenvalue weighted by atomic mass is 15.2. The summed E-state index contributed by atoms with van der Waals surface area (Å²) in [7, 11) is 2.16. The molecule has 0 spiro atoms. The van der Waals surface area contributed by atoms with Crippen molar-refractivity contribution >= 4 is 11.6 Å². The minimum absolute atomic E-state index is 0.534. The van der Waals surface area contributed by atoms with Gasteiger partial charge in [0, 0.05) is 31.6 Å². The normalized spacial score (nSPS) is 11.0. The van der Waals surface area contributed by atoms with E-state index in [1.165, 1.54) is 0 Å². The van der Waals surface area contributed by atoms with Crippen molar-refractivity contribution < 1.29 is 0 Å². The minimum atomic E-state index is 0.534. The lowest BCUT2D eigenvalue weighted by Gasteiger charge is -2.29. The van der Waals surface area contributed by atoms with Crippen molar-refractivity contribution in [3.05, 3.63) is 11.4 Å². The predicted molar refractivity (Wildman–Crippen MR) is 92.3 cm³/mol. The Morgan fingerprint density at radius 1 is 1.05 bits per heavy atom. The smallest absolute Gasteiger partial charge is 0.137 e. The zero-order valence-corrected chi connectivity index (χ0v) is 14.7. The number of aryl methyl sites for hydroxylation is 1. The lowest BCUT2D eigenvalue weighted by Crippen LogP contribution is -2.32. The maximum atomic E-state index is 4.82. The van der Waals surface area contributed by atoms with Crippen LogP contribution in [0.15, 0.2) is 0 Å². The van der Waals surface area contributed by atoms with E-state index in [4.69, 9.17) is 9.97 Å². The Balaban J connectivity index is 3.18. The van der Waals surface area contributed by atoms with Gasteiger partial charge in [-0.2, -0.15) is 0 Å². The van der Waals surface area contributed by atoms with Crippen molar-refractivity contribution in [2.75, 3.05) is 23.8 Å². The van der Waals surface area contributed by atoms with Crippen molar-refractivity contribution in [3.63, 3.8) is 0 Å². The van der Waals surface area contributed by atoms with Crippen LogP contribution in [0.2, 0.25) is 0 Å². The van der Waals surface area contributed by atoms with Gasteiger partial charge in [0.15, 0.2) is 0 Å². The van der Waals surface area contributed by atoms with Crippen molar-refractivity contribution in [2.45, 2.75) is 72.8 Å². The fraction of sp³-hybridized carbons (Fsp3) is 0.765. The zero-order valence-electron chi connectivity index (χ0n) is 14.7. The van der Waals surface area contributed by atoms with E-state index < -0.39 is 0 Å². The second-order valence-corrected chi connectivity index (χ2v) is 5.70. The largest absolute Gasteiger partial charge is 0.370 e. The molecular formula is C17H32N4. The third kappa shape index (κ3) is 4.58. The van der Waals surface area contributed by atoms with Crippen LogP contribution in [0.25, 0.3) is 0 Å². The third-order valence-corrected chi connectivity index (χ3v) is 4.01. The van der Waals surface area contributed by atoms with Crippen LogP contribution in [0.3, 0.4) is 0 Å². The molecule has 0 aliphatic carbocycles. The number of anilines is 2. The van der Waals surface area contributed by atoms with Gasteiger partial charge in [-0.3, -0.25) is 0 Å². The average Bonchev–Trinajstić information content (AvgIpc) is 2.48. The van der Waals surface area contributed by atoms with Gasteiger partial charge in [-0.1, -0.05) is 27.7 Å². The molecule has 1 aromatic rings. The van der Waals surface area contributed by atoms with Gasteiger partial charge in [0.05, 0.1) is 0 Å². The lowest BCUT2D eigenvalue weighted by molar-refractivity contribution is 0.583. The molecule has 0 bridgehead atoms. The molecule has 0 radical (unpaired) electrons. The summed E-state index contributed by atoms with van der Waals surface area (Å²) in [5, 5.41) is 3.45. The Hall–Kier alpha value is -1.32. The number of rotatable bonds is 9. The van der Waals surface area contributed by atoms with Crippen LogP contribution in [0.4, 0.5) is 11.6 Å². The number of hydrogen-bond donors (Lipinski definition) is 1. The highest BCUT2D eigenvalue weighted by Crippen LogP contribution is 2.26. The standard InChI is InChI=1S/C17H32N4/c1-7-11-15-19-16(18-12-8-2)13(5)17(20-15)21(6)14(9-3)10-4/h14H,7-12H2,1-6H3,(H,18,19,20). The Morgan fingerprint density at radius 3 is 2.24 bits per heavy atom. The summed E-state index contributed by atoms with van der Waals surface area (Å²) in [4.78, 5) is 11.9. The predicted octanol–water partition coefficient (Wildman–Crippen LogP) is 4.18. The highest BCUT2D eigenvalue weighted by molar-refractivity contribution is 5.58. The average molecular weight is 292 g/mol. The third-order valence-electron chi connectivity index (χ3n) is 4.01. The maximum Gasteiger partial charge on any atom is 0.137 e. The van der Waals surface area contributed by atoms with E-state index in [0.29, 0.717) is 6.04 Å². The van der Waals surface area contributed by atoms with Crippen molar-refractivity contribution in [3.8, 4) is 0 Å². The van der Waals surface area contributed by atoms with Gasteiger partial charge in [0.2, 0.25) is 0 Å². The van der Waals surface area contributed by atoms with Crippen LogP contribution in [-0.4, -0.2) is 29.6 Å². The number of nitrogens with one attached hydrogen (secondary N) is 1. The zero-order chi connectivity index (χ0) is 15.8. The van der Waals surface area contributed by atoms with Gasteiger partial charge in [0.1, 0.15) is 17.5 Å². The topological polar surface area (TPSA) is 41.1 Å². The Bertz CT molecular complexity index is 427. The molecule has 1 N–H and O–H groups in total. The molecule has 0 saturated heterocycles. The molecule has 0 saturated carbocycles. The second kappa shape index (κ2) is 8.85. The van der Waals surface area contributed by atoms with E-state index in [-0.39, 0.29) is 0 Å². The Kier molecular flexibility index (Phi) is 7.48. The fourth-order valence-corrected chi connectivity index (χ4v) is 2.65. The van der Waals surface area contributed by atoms with Crippen LogP contribution in [0, 0.1) is 6.92 Å². The number of hydrogen-bond acceptors (Lipinski definition) is 4. The van der Waals surface area contributed by atoms with Crippen LogP contribution in [0.1, 0.15) is 64.8 Å². The van der Waals surface area contributed by atoms with Crippen molar-refractivity contribution in [1.82, 2.24) is 9.97 Å². The van der Waals surface area contributed by atoms with E-state index in [0.717, 1.165) is 61.7 Å². The van der Waals surface area contributed by atoms with Crippen LogP contribution < -0.4 is 10.2 Å². The second-order valence-electron chi connectivity index (χ2n) is 5.70. The SMILES string of the molecule is CCCNc1nc(CCC)nc(N(C)C(CC)CC)c1C. The first-order valence-electron chi connectivity index (χ1n) is 8.43. The van der Waals surface area contributed by atoms with Crippen LogP contribution in [-0.2, 0) is 6.42 Å². The van der Waals surface area contributed by atoms with E-state index in [1.807, 2.05) is 0 Å². The molecule has 0 aromatic carbocycles. The summed E-state index contributed by atoms with van der Waals surface area (Å²) in [6, 6.07) is 0.534. The van der Waals surface area contributed by atoms with Crippen molar-refractivity contribution in [1.29, 1.82) is 0 Å². The molecule has 4 nitrogen and oxygen atoms in total. The minimum Gasteiger partial charge on any atom is -0.370 e. The molecule has 0 atom stereocenters. The van der Waals surface area contributed by atoms with E-state index >= 15 is 0 Å². The molecule has 1 aromatic heterocycles. The molecule has 4 heteroatoms. The monoisotopic (exact) mass is 292 g/mol. The molecule has 1 rings (SSSR count). The molecule has 0 amide bonds. The fourth-order valence-electron chi connectivity index (χ4n) is 2.65. The maximum absolute atomic E-state index is 4.82. The summed E-state index contributed by atoms with van der Waals surface area (Å²) in [6.45, 7) is 11.9. The van der Waals surface area contributed by atoms with E-state index in [9.17, 15) is 0 Å². The van der Waals surface area contributed by atoms with E-state index in [1.54, 1.807) is 0 Å². The molecule has 0 fully saturated rings. The summed E-state index contributed by atoms with van der Waals surface area (Å²) in [5.41, 5.74) is 1.16. The molecule has 21 heavy (non-hydrogen) atoms. The molecule has 1 heterocycles. The first-order chi connectivity index (χ1) is 10.1. The molecule has 0 unspecified atom stereocenters. The van der Waals surface area contributed by atoms with Crippen LogP contribution >= 0.6 is 0 Å². The van der Waals surface area contributed by atoms with Crippen LogP contribution in [0.5, 0.6) is 0 Å². The van der Waals surface area contributed by atoms with Gasteiger partial charge in [0.25, 0.3) is 0 Å². The molecule has 0 aliphatic heterocycles. The van der Waals surface area contributed by atoms with Gasteiger partial charge >= 0.3 is 0 Å². The summed E-state index contributed by atoms with van der Waals surface area (Å²) >= 11 is 0. The molecular weight excluding hydrogens is 260 g/mol. The quantitative estimate of drug-likeness (QED) is 0.741. The van der Waals surface area contributed by atoms with Gasteiger partial charge in [-0.25, -0.2) is 9.97 Å². The molecule has 0 aliphatic rings. The van der Waals surface area contributed by atoms with Crippen molar-refractivity contribution in [2.24, 2.45) is 0 Å². The number of aromatic nitrogens is 2. The van der Waals surface area contributed by atoms with Gasteiger partial charge in [-0.15, -0.1) is 0 Å².